The van der Waals surface area contributed by atoms with Crippen LogP contribution in [0, 0.1) is 5.92 Å². The molecule has 76 valence electrons. The van der Waals surface area contributed by atoms with Crippen molar-refractivity contribution in [3.05, 3.63) is 11.1 Å². The molecule has 0 bridgehead atoms. The van der Waals surface area contributed by atoms with Gasteiger partial charge in [-0.1, -0.05) is 20.8 Å². The van der Waals surface area contributed by atoms with Crippen LogP contribution in [0.2, 0.25) is 0 Å². The molecule has 0 spiro atoms. The molecule has 0 aromatic heterocycles. The molecule has 3 heteroatoms. The lowest BCUT2D eigenvalue weighted by Crippen LogP contribution is -2.27. The van der Waals surface area contributed by atoms with Crippen LogP contribution in [0.25, 0.3) is 0 Å². The minimum Gasteiger partial charge on any atom is -0.366 e. The Bertz CT molecular complexity index is 219. The average molecular weight is 184 g/mol. The zero-order valence-electron chi connectivity index (χ0n) is 8.92. The number of carbonyl (C=O) groups is 1. The number of carbonyl (C=O) groups excluding carboxylic acids is 1. The van der Waals surface area contributed by atoms with Crippen LogP contribution in [-0.4, -0.2) is 11.9 Å². The third kappa shape index (κ3) is 3.19. The number of hydrogen-bond acceptors (Lipinski definition) is 2. The molecule has 0 saturated carbocycles. The molecule has 0 heterocycles. The Hall–Kier alpha value is -0.830. The molecular weight excluding hydrogens is 164 g/mol. The maximum atomic E-state index is 11.1. The quantitative estimate of drug-likeness (QED) is 0.644. The first kappa shape index (κ1) is 12.2. The molecule has 0 aliphatic carbocycles. The molecule has 0 aliphatic heterocycles. The zero-order chi connectivity index (χ0) is 10.6. The topological polar surface area (TPSA) is 69.1 Å². The number of hydrogen-bond donors (Lipinski definition) is 2. The molecule has 1 atom stereocenters. The van der Waals surface area contributed by atoms with Gasteiger partial charge in [-0.15, -0.1) is 0 Å². The second-order valence-electron chi connectivity index (χ2n) is 3.63. The largest absolute Gasteiger partial charge is 0.366 e. The summed E-state index contributed by atoms with van der Waals surface area (Å²) in [5, 5.41) is 0. The molecule has 4 N–H and O–H groups in total. The predicted octanol–water partition coefficient (Wildman–Crippen LogP) is 1.18. The van der Waals surface area contributed by atoms with E-state index in [1.165, 1.54) is 0 Å². The van der Waals surface area contributed by atoms with Crippen molar-refractivity contribution in [3.8, 4) is 0 Å². The summed E-state index contributed by atoms with van der Waals surface area (Å²) in [7, 11) is 0. The van der Waals surface area contributed by atoms with Crippen LogP contribution in [0.3, 0.4) is 0 Å². The third-order valence-corrected chi connectivity index (χ3v) is 2.26. The normalized spacial score (nSPS) is 15.5. The maximum Gasteiger partial charge on any atom is 0.244 e. The monoisotopic (exact) mass is 184 g/mol. The van der Waals surface area contributed by atoms with E-state index in [0.717, 1.165) is 12.0 Å². The number of rotatable bonds is 4. The Morgan fingerprint density at radius 2 is 1.85 bits per heavy atom. The zero-order valence-corrected chi connectivity index (χ0v) is 8.92. The summed E-state index contributed by atoms with van der Waals surface area (Å²) in [5.41, 5.74) is 12.7. The Morgan fingerprint density at radius 1 is 1.38 bits per heavy atom. The molecule has 13 heavy (non-hydrogen) atoms. The first-order valence-corrected chi connectivity index (χ1v) is 4.67. The maximum absolute atomic E-state index is 11.1. The highest BCUT2D eigenvalue weighted by Crippen LogP contribution is 2.17. The van der Waals surface area contributed by atoms with E-state index in [1.807, 2.05) is 27.7 Å². The second kappa shape index (κ2) is 5.02. The van der Waals surface area contributed by atoms with Crippen LogP contribution in [-0.2, 0) is 4.79 Å². The van der Waals surface area contributed by atoms with Crippen LogP contribution in [0.1, 0.15) is 34.1 Å². The van der Waals surface area contributed by atoms with Crippen LogP contribution < -0.4 is 11.5 Å². The van der Waals surface area contributed by atoms with E-state index in [-0.39, 0.29) is 17.9 Å². The van der Waals surface area contributed by atoms with Crippen molar-refractivity contribution >= 4 is 5.91 Å². The van der Waals surface area contributed by atoms with Crippen molar-refractivity contribution in [1.29, 1.82) is 0 Å². The lowest BCUT2D eigenvalue weighted by molar-refractivity contribution is -0.115. The fourth-order valence-corrected chi connectivity index (χ4v) is 1.44. The fourth-order valence-electron chi connectivity index (χ4n) is 1.44. The van der Waals surface area contributed by atoms with Crippen molar-refractivity contribution < 1.29 is 4.79 Å². The van der Waals surface area contributed by atoms with Gasteiger partial charge in [0.25, 0.3) is 0 Å². The summed E-state index contributed by atoms with van der Waals surface area (Å²) in [6.07, 6.45) is 0.829. The minimum absolute atomic E-state index is 0.0510. The van der Waals surface area contributed by atoms with E-state index in [2.05, 4.69) is 0 Å². The summed E-state index contributed by atoms with van der Waals surface area (Å²) in [5.74, 6) is -0.202. The van der Waals surface area contributed by atoms with Crippen LogP contribution in [0.5, 0.6) is 0 Å². The molecule has 3 nitrogen and oxygen atoms in total. The summed E-state index contributed by atoms with van der Waals surface area (Å²) in [6.45, 7) is 7.78. The summed E-state index contributed by atoms with van der Waals surface area (Å²) in [4.78, 5) is 11.1. The van der Waals surface area contributed by atoms with Crippen molar-refractivity contribution in [3.63, 3.8) is 0 Å². The molecule has 0 aliphatic rings. The van der Waals surface area contributed by atoms with Gasteiger partial charge >= 0.3 is 0 Å². The van der Waals surface area contributed by atoms with Crippen LogP contribution in [0.4, 0.5) is 0 Å². The van der Waals surface area contributed by atoms with E-state index >= 15 is 0 Å². The average Bonchev–Trinajstić information content (AvgIpc) is 2.01. The lowest BCUT2D eigenvalue weighted by atomic mass is 9.92. The van der Waals surface area contributed by atoms with Gasteiger partial charge in [0.2, 0.25) is 5.91 Å². The number of amides is 1. The highest BCUT2D eigenvalue weighted by Gasteiger charge is 2.16. The Morgan fingerprint density at radius 3 is 2.08 bits per heavy atom. The van der Waals surface area contributed by atoms with E-state index in [4.69, 9.17) is 11.5 Å². The summed E-state index contributed by atoms with van der Waals surface area (Å²) < 4.78 is 0. The van der Waals surface area contributed by atoms with E-state index in [9.17, 15) is 4.79 Å². The molecule has 0 saturated heterocycles. The Kier molecular flexibility index (Phi) is 4.70. The SMILES string of the molecule is CCC(N)/C(C)=C(\C(N)=O)C(C)C. The molecule has 0 rings (SSSR count). The lowest BCUT2D eigenvalue weighted by Gasteiger charge is -2.16. The van der Waals surface area contributed by atoms with E-state index < -0.39 is 0 Å². The molecule has 0 fully saturated rings. The van der Waals surface area contributed by atoms with Gasteiger partial charge in [-0.05, 0) is 24.8 Å². The van der Waals surface area contributed by atoms with Gasteiger partial charge in [0.1, 0.15) is 0 Å². The van der Waals surface area contributed by atoms with E-state index in [0.29, 0.717) is 5.57 Å². The first-order chi connectivity index (χ1) is 5.91. The van der Waals surface area contributed by atoms with Gasteiger partial charge in [-0.25, -0.2) is 0 Å². The third-order valence-electron chi connectivity index (χ3n) is 2.26. The molecule has 0 aromatic rings. The Labute approximate surface area is 80.2 Å². The summed E-state index contributed by atoms with van der Waals surface area (Å²) >= 11 is 0. The van der Waals surface area contributed by atoms with Crippen molar-refractivity contribution in [2.45, 2.75) is 40.2 Å². The number of nitrogens with two attached hydrogens (primary N) is 2. The van der Waals surface area contributed by atoms with Crippen molar-refractivity contribution in [2.24, 2.45) is 17.4 Å². The van der Waals surface area contributed by atoms with Crippen LogP contribution in [0.15, 0.2) is 11.1 Å². The molecular formula is C10H20N2O. The summed E-state index contributed by atoms with van der Waals surface area (Å²) in [6, 6.07) is -0.0510. The van der Waals surface area contributed by atoms with E-state index in [1.54, 1.807) is 0 Å². The van der Waals surface area contributed by atoms with Gasteiger partial charge in [-0.2, -0.15) is 0 Å². The second-order valence-corrected chi connectivity index (χ2v) is 3.63. The van der Waals surface area contributed by atoms with Crippen LogP contribution >= 0.6 is 0 Å². The highest BCUT2D eigenvalue weighted by atomic mass is 16.1. The van der Waals surface area contributed by atoms with Crippen molar-refractivity contribution in [1.82, 2.24) is 0 Å². The predicted molar refractivity (Wildman–Crippen MR) is 55.0 cm³/mol. The number of primary amides is 1. The smallest absolute Gasteiger partial charge is 0.244 e. The van der Waals surface area contributed by atoms with Gasteiger partial charge in [0, 0.05) is 11.6 Å². The van der Waals surface area contributed by atoms with Gasteiger partial charge in [-0.3, -0.25) is 4.79 Å². The first-order valence-electron chi connectivity index (χ1n) is 4.67. The minimum atomic E-state index is -0.351. The standard InChI is InChI=1S/C10H20N2O/c1-5-8(11)7(4)9(6(2)3)10(12)13/h6,8H,5,11H2,1-4H3,(H2,12,13)/b9-7-. The van der Waals surface area contributed by atoms with Gasteiger partial charge < -0.3 is 11.5 Å². The van der Waals surface area contributed by atoms with Gasteiger partial charge in [0.15, 0.2) is 0 Å². The molecule has 1 amide bonds. The molecule has 1 unspecified atom stereocenters. The van der Waals surface area contributed by atoms with Crippen molar-refractivity contribution in [2.75, 3.05) is 0 Å². The highest BCUT2D eigenvalue weighted by molar-refractivity contribution is 5.93. The molecule has 0 radical (unpaired) electrons. The molecule has 0 aromatic carbocycles. The van der Waals surface area contributed by atoms with Gasteiger partial charge in [0.05, 0.1) is 0 Å². The fraction of sp³-hybridized carbons (Fsp3) is 0.700. The Balaban J connectivity index is 4.97.